The highest BCUT2D eigenvalue weighted by Gasteiger charge is 2.14. The van der Waals surface area contributed by atoms with Gasteiger partial charge in [-0.2, -0.15) is 0 Å². The molecule has 4 nitrogen and oxygen atoms in total. The van der Waals surface area contributed by atoms with Gasteiger partial charge < -0.3 is 9.15 Å². The van der Waals surface area contributed by atoms with Gasteiger partial charge in [-0.1, -0.05) is 24.3 Å². The van der Waals surface area contributed by atoms with Gasteiger partial charge in [0.05, 0.1) is 17.0 Å². The molecule has 0 atom stereocenters. The van der Waals surface area contributed by atoms with Crippen molar-refractivity contribution in [1.29, 1.82) is 0 Å². The number of hydrogen-bond donors (Lipinski definition) is 0. The van der Waals surface area contributed by atoms with E-state index in [1.807, 2.05) is 12.1 Å². The van der Waals surface area contributed by atoms with Gasteiger partial charge in [0.2, 0.25) is 0 Å². The summed E-state index contributed by atoms with van der Waals surface area (Å²) in [7, 11) is 0. The molecular formula is C16H9IO4. The minimum Gasteiger partial charge on any atom is -0.422 e. The van der Waals surface area contributed by atoms with Crippen molar-refractivity contribution in [2.45, 2.75) is 0 Å². The molecule has 2 aromatic carbocycles. The van der Waals surface area contributed by atoms with E-state index in [9.17, 15) is 9.59 Å². The summed E-state index contributed by atoms with van der Waals surface area (Å²) in [4.78, 5) is 23.8. The first-order valence-electron chi connectivity index (χ1n) is 6.15. The molecule has 0 amide bonds. The Balaban J connectivity index is 2.04. The van der Waals surface area contributed by atoms with Gasteiger partial charge in [0.15, 0.2) is 0 Å². The number of carbonyl (C=O) groups excluding carboxylic acids is 1. The van der Waals surface area contributed by atoms with Crippen molar-refractivity contribution in [1.82, 2.24) is 0 Å². The Bertz CT molecular complexity index is 883. The summed E-state index contributed by atoms with van der Waals surface area (Å²) in [5.41, 5.74) is 0.283. The molecule has 21 heavy (non-hydrogen) atoms. The first-order chi connectivity index (χ1) is 10.1. The van der Waals surface area contributed by atoms with Gasteiger partial charge in [-0.15, -0.1) is 0 Å². The number of halogens is 1. The maximum Gasteiger partial charge on any atom is 0.344 e. The molecule has 0 spiro atoms. The first kappa shape index (κ1) is 13.8. The molecule has 5 heteroatoms. The van der Waals surface area contributed by atoms with Crippen molar-refractivity contribution in [3.63, 3.8) is 0 Å². The van der Waals surface area contributed by atoms with E-state index < -0.39 is 11.6 Å². The average molecular weight is 392 g/mol. The topological polar surface area (TPSA) is 56.5 Å². The van der Waals surface area contributed by atoms with Gasteiger partial charge in [0.25, 0.3) is 0 Å². The minimum absolute atomic E-state index is 0.200. The van der Waals surface area contributed by atoms with Crippen molar-refractivity contribution >= 4 is 39.5 Å². The summed E-state index contributed by atoms with van der Waals surface area (Å²) in [5.74, 6) is -0.303. The summed E-state index contributed by atoms with van der Waals surface area (Å²) in [6.45, 7) is 0. The average Bonchev–Trinajstić information content (AvgIpc) is 2.47. The summed E-state index contributed by atoms with van der Waals surface area (Å²) >= 11 is 2.06. The minimum atomic E-state index is -0.556. The van der Waals surface area contributed by atoms with Crippen LogP contribution in [0, 0.1) is 3.57 Å². The molecule has 3 rings (SSSR count). The van der Waals surface area contributed by atoms with E-state index in [4.69, 9.17) is 9.15 Å². The smallest absolute Gasteiger partial charge is 0.344 e. The number of fused-ring (bicyclic) bond motifs is 1. The van der Waals surface area contributed by atoms with Gasteiger partial charge in [0.1, 0.15) is 11.3 Å². The number of ether oxygens (including phenoxy) is 1. The lowest BCUT2D eigenvalue weighted by molar-refractivity contribution is 0.0735. The molecule has 1 aromatic heterocycles. The van der Waals surface area contributed by atoms with Gasteiger partial charge in [-0.25, -0.2) is 9.59 Å². The largest absolute Gasteiger partial charge is 0.422 e. The van der Waals surface area contributed by atoms with Crippen LogP contribution in [0.5, 0.6) is 5.75 Å². The van der Waals surface area contributed by atoms with Gasteiger partial charge >= 0.3 is 11.6 Å². The Morgan fingerprint density at radius 1 is 1.05 bits per heavy atom. The highest BCUT2D eigenvalue weighted by Crippen LogP contribution is 2.24. The van der Waals surface area contributed by atoms with Crippen LogP contribution in [0.1, 0.15) is 10.4 Å². The maximum absolute atomic E-state index is 12.2. The van der Waals surface area contributed by atoms with Gasteiger partial charge in [0, 0.05) is 3.57 Å². The zero-order chi connectivity index (χ0) is 14.8. The SMILES string of the molecule is O=C(Oc1cc(=O)oc2ccccc12)c1ccccc1I. The van der Waals surface area contributed by atoms with Crippen LogP contribution in [0.4, 0.5) is 0 Å². The Morgan fingerprint density at radius 3 is 2.57 bits per heavy atom. The molecule has 0 fully saturated rings. The number of hydrogen-bond acceptors (Lipinski definition) is 4. The molecule has 0 N–H and O–H groups in total. The van der Waals surface area contributed by atoms with Crippen LogP contribution in [-0.4, -0.2) is 5.97 Å². The predicted molar refractivity (Wildman–Crippen MR) is 86.6 cm³/mol. The van der Waals surface area contributed by atoms with E-state index in [-0.39, 0.29) is 5.75 Å². The number of rotatable bonds is 2. The number of para-hydroxylation sites is 1. The third-order valence-electron chi connectivity index (χ3n) is 2.91. The molecule has 0 saturated heterocycles. The van der Waals surface area contributed by atoms with Crippen molar-refractivity contribution in [2.24, 2.45) is 0 Å². The Morgan fingerprint density at radius 2 is 1.76 bits per heavy atom. The third kappa shape index (κ3) is 2.82. The Labute approximate surface area is 133 Å². The monoisotopic (exact) mass is 392 g/mol. The van der Waals surface area contributed by atoms with Crippen molar-refractivity contribution in [2.75, 3.05) is 0 Å². The third-order valence-corrected chi connectivity index (χ3v) is 3.85. The first-order valence-corrected chi connectivity index (χ1v) is 7.22. The standard InChI is InChI=1S/C16H9IO4/c17-12-7-3-1-5-10(12)16(19)21-14-9-15(18)20-13-8-4-2-6-11(13)14/h1-9H. The summed E-state index contributed by atoms with van der Waals surface area (Å²) in [5, 5.41) is 0.580. The second-order valence-corrected chi connectivity index (χ2v) is 5.46. The number of carbonyl (C=O) groups is 1. The van der Waals surface area contributed by atoms with Crippen LogP contribution >= 0.6 is 22.6 Å². The van der Waals surface area contributed by atoms with E-state index in [1.165, 1.54) is 6.07 Å². The molecular weight excluding hydrogens is 383 g/mol. The highest BCUT2D eigenvalue weighted by atomic mass is 127. The summed E-state index contributed by atoms with van der Waals surface area (Å²) < 4.78 is 11.2. The molecule has 0 saturated carbocycles. The lowest BCUT2D eigenvalue weighted by atomic mass is 10.2. The molecule has 0 unspecified atom stereocenters. The maximum atomic E-state index is 12.2. The van der Waals surface area contributed by atoms with Gasteiger partial charge in [-0.3, -0.25) is 0 Å². The molecule has 0 radical (unpaired) electrons. The van der Waals surface area contributed by atoms with Crippen molar-refractivity contribution in [3.8, 4) is 5.75 Å². The Hall–Kier alpha value is -2.15. The zero-order valence-electron chi connectivity index (χ0n) is 10.7. The molecule has 0 aliphatic heterocycles. The van der Waals surface area contributed by atoms with Crippen LogP contribution < -0.4 is 10.4 Å². The fourth-order valence-electron chi connectivity index (χ4n) is 1.95. The van der Waals surface area contributed by atoms with Crippen molar-refractivity contribution < 1.29 is 13.9 Å². The van der Waals surface area contributed by atoms with E-state index in [0.717, 1.165) is 3.57 Å². The summed E-state index contributed by atoms with van der Waals surface area (Å²) in [6, 6.07) is 15.2. The van der Waals surface area contributed by atoms with E-state index >= 15 is 0 Å². The second kappa shape index (κ2) is 5.69. The predicted octanol–water partition coefficient (Wildman–Crippen LogP) is 3.62. The molecule has 3 aromatic rings. The van der Waals surface area contributed by atoms with Crippen molar-refractivity contribution in [3.05, 3.63) is 74.2 Å². The van der Waals surface area contributed by atoms with Crippen LogP contribution in [-0.2, 0) is 0 Å². The quantitative estimate of drug-likeness (QED) is 0.380. The normalized spacial score (nSPS) is 10.5. The van der Waals surface area contributed by atoms with E-state index in [1.54, 1.807) is 36.4 Å². The van der Waals surface area contributed by atoms with E-state index in [0.29, 0.717) is 16.5 Å². The number of esters is 1. The Kier molecular flexibility index (Phi) is 3.74. The van der Waals surface area contributed by atoms with Crippen LogP contribution in [0.25, 0.3) is 11.0 Å². The fraction of sp³-hybridized carbons (Fsp3) is 0. The zero-order valence-corrected chi connectivity index (χ0v) is 12.9. The van der Waals surface area contributed by atoms with Crippen LogP contribution in [0.2, 0.25) is 0 Å². The molecule has 1 heterocycles. The van der Waals surface area contributed by atoms with E-state index in [2.05, 4.69) is 22.6 Å². The van der Waals surface area contributed by atoms with Gasteiger partial charge in [-0.05, 0) is 46.9 Å². The lowest BCUT2D eigenvalue weighted by Gasteiger charge is -2.07. The molecule has 0 aliphatic rings. The molecule has 104 valence electrons. The molecule has 0 bridgehead atoms. The van der Waals surface area contributed by atoms with Crippen LogP contribution in [0.15, 0.2) is 63.8 Å². The number of benzene rings is 2. The second-order valence-electron chi connectivity index (χ2n) is 4.30. The highest BCUT2D eigenvalue weighted by molar-refractivity contribution is 14.1. The lowest BCUT2D eigenvalue weighted by Crippen LogP contribution is -2.12. The molecule has 0 aliphatic carbocycles. The van der Waals surface area contributed by atoms with Crippen LogP contribution in [0.3, 0.4) is 0 Å². The fourth-order valence-corrected chi connectivity index (χ4v) is 2.56. The summed E-state index contributed by atoms with van der Waals surface area (Å²) in [6.07, 6.45) is 0.